The highest BCUT2D eigenvalue weighted by atomic mass is 16.5. The highest BCUT2D eigenvalue weighted by Crippen LogP contribution is 2.27. The Labute approximate surface area is 131 Å². The molecule has 2 heterocycles. The van der Waals surface area contributed by atoms with Crippen molar-refractivity contribution in [2.45, 2.75) is 26.7 Å². The average molecular weight is 295 g/mol. The number of nitrogens with zero attached hydrogens (tertiary/aromatic N) is 3. The third-order valence-corrected chi connectivity index (χ3v) is 4.30. The van der Waals surface area contributed by atoms with E-state index in [2.05, 4.69) is 43.0 Å². The van der Waals surface area contributed by atoms with Crippen molar-refractivity contribution in [3.63, 3.8) is 0 Å². The SMILES string of the molecule is Cc1cc2cc(CCC#N)c(N3CCOCC3)nc2cc1C. The van der Waals surface area contributed by atoms with Crippen LogP contribution in [0.1, 0.15) is 23.1 Å². The van der Waals surface area contributed by atoms with E-state index >= 15 is 0 Å². The summed E-state index contributed by atoms with van der Waals surface area (Å²) >= 11 is 0. The van der Waals surface area contributed by atoms with Gasteiger partial charge in [-0.1, -0.05) is 0 Å². The topological polar surface area (TPSA) is 49.2 Å². The number of ether oxygens (including phenoxy) is 1. The maximum absolute atomic E-state index is 8.92. The zero-order valence-corrected chi connectivity index (χ0v) is 13.2. The third-order valence-electron chi connectivity index (χ3n) is 4.30. The van der Waals surface area contributed by atoms with Crippen LogP contribution in [0.2, 0.25) is 0 Å². The summed E-state index contributed by atoms with van der Waals surface area (Å²) in [5.74, 6) is 1.02. The molecule has 1 saturated heterocycles. The lowest BCUT2D eigenvalue weighted by Gasteiger charge is -2.29. The van der Waals surface area contributed by atoms with E-state index in [0.717, 1.165) is 49.4 Å². The fourth-order valence-corrected chi connectivity index (χ4v) is 2.90. The number of nitriles is 1. The lowest BCUT2D eigenvalue weighted by molar-refractivity contribution is 0.122. The molecule has 0 atom stereocenters. The minimum absolute atomic E-state index is 0.523. The van der Waals surface area contributed by atoms with Crippen LogP contribution in [-0.2, 0) is 11.2 Å². The molecule has 0 spiro atoms. The number of rotatable bonds is 3. The van der Waals surface area contributed by atoms with Gasteiger partial charge in [0.15, 0.2) is 0 Å². The monoisotopic (exact) mass is 295 g/mol. The number of aryl methyl sites for hydroxylation is 3. The maximum Gasteiger partial charge on any atom is 0.132 e. The molecule has 22 heavy (non-hydrogen) atoms. The van der Waals surface area contributed by atoms with E-state index in [1.54, 1.807) is 0 Å². The van der Waals surface area contributed by atoms with Crippen LogP contribution in [0.4, 0.5) is 5.82 Å². The Kier molecular flexibility index (Phi) is 4.26. The largest absolute Gasteiger partial charge is 0.378 e. The van der Waals surface area contributed by atoms with Gasteiger partial charge in [0, 0.05) is 24.9 Å². The van der Waals surface area contributed by atoms with Gasteiger partial charge in [0.25, 0.3) is 0 Å². The minimum Gasteiger partial charge on any atom is -0.378 e. The van der Waals surface area contributed by atoms with Crippen molar-refractivity contribution in [3.8, 4) is 6.07 Å². The van der Waals surface area contributed by atoms with E-state index in [-0.39, 0.29) is 0 Å². The Morgan fingerprint density at radius 3 is 2.64 bits per heavy atom. The van der Waals surface area contributed by atoms with Gasteiger partial charge in [0.1, 0.15) is 5.82 Å². The number of anilines is 1. The van der Waals surface area contributed by atoms with E-state index in [9.17, 15) is 0 Å². The molecule has 1 fully saturated rings. The van der Waals surface area contributed by atoms with Crippen LogP contribution in [0.15, 0.2) is 18.2 Å². The van der Waals surface area contributed by atoms with Crippen LogP contribution in [0.5, 0.6) is 0 Å². The molecule has 0 N–H and O–H groups in total. The van der Waals surface area contributed by atoms with Crippen molar-refractivity contribution in [1.82, 2.24) is 4.98 Å². The maximum atomic E-state index is 8.92. The average Bonchev–Trinajstić information content (AvgIpc) is 2.54. The molecule has 0 aliphatic carbocycles. The van der Waals surface area contributed by atoms with Crippen molar-refractivity contribution in [2.75, 3.05) is 31.2 Å². The fourth-order valence-electron chi connectivity index (χ4n) is 2.90. The molecule has 114 valence electrons. The molecule has 2 aromatic rings. The molecule has 0 bridgehead atoms. The first-order chi connectivity index (χ1) is 10.7. The first-order valence-electron chi connectivity index (χ1n) is 7.79. The first kappa shape index (κ1) is 14.8. The molecule has 4 heteroatoms. The second-order valence-corrected chi connectivity index (χ2v) is 5.86. The van der Waals surface area contributed by atoms with Gasteiger partial charge in [0.2, 0.25) is 0 Å². The molecule has 0 unspecified atom stereocenters. The van der Waals surface area contributed by atoms with Gasteiger partial charge in [-0.25, -0.2) is 4.98 Å². The molecule has 1 aliphatic heterocycles. The van der Waals surface area contributed by atoms with Crippen LogP contribution in [0.3, 0.4) is 0 Å². The van der Waals surface area contributed by atoms with Gasteiger partial charge < -0.3 is 9.64 Å². The summed E-state index contributed by atoms with van der Waals surface area (Å²) in [4.78, 5) is 7.20. The van der Waals surface area contributed by atoms with Gasteiger partial charge in [-0.2, -0.15) is 5.26 Å². The van der Waals surface area contributed by atoms with E-state index in [1.807, 2.05) is 0 Å². The van der Waals surface area contributed by atoms with Gasteiger partial charge in [-0.3, -0.25) is 0 Å². The molecule has 0 saturated carbocycles. The number of pyridine rings is 1. The molecule has 3 rings (SSSR count). The zero-order chi connectivity index (χ0) is 15.5. The summed E-state index contributed by atoms with van der Waals surface area (Å²) in [5, 5.41) is 10.1. The van der Waals surface area contributed by atoms with Gasteiger partial charge in [-0.05, 0) is 55.2 Å². The van der Waals surface area contributed by atoms with E-state index in [4.69, 9.17) is 15.0 Å². The van der Waals surface area contributed by atoms with Crippen LogP contribution in [0.25, 0.3) is 10.9 Å². The second kappa shape index (κ2) is 6.33. The van der Waals surface area contributed by atoms with Crippen molar-refractivity contribution < 1.29 is 4.74 Å². The number of hydrogen-bond donors (Lipinski definition) is 0. The highest BCUT2D eigenvalue weighted by Gasteiger charge is 2.17. The minimum atomic E-state index is 0.523. The summed E-state index contributed by atoms with van der Waals surface area (Å²) < 4.78 is 5.44. The first-order valence-corrected chi connectivity index (χ1v) is 7.79. The van der Waals surface area contributed by atoms with Crippen molar-refractivity contribution in [3.05, 3.63) is 34.9 Å². The Morgan fingerprint density at radius 1 is 1.18 bits per heavy atom. The van der Waals surface area contributed by atoms with Crippen LogP contribution >= 0.6 is 0 Å². The van der Waals surface area contributed by atoms with E-state index in [0.29, 0.717) is 6.42 Å². The van der Waals surface area contributed by atoms with Crippen LogP contribution in [0, 0.1) is 25.2 Å². The smallest absolute Gasteiger partial charge is 0.132 e. The fraction of sp³-hybridized carbons (Fsp3) is 0.444. The van der Waals surface area contributed by atoms with Crippen molar-refractivity contribution in [1.29, 1.82) is 5.26 Å². The molecule has 0 amide bonds. The summed E-state index contributed by atoms with van der Waals surface area (Å²) in [6.07, 6.45) is 1.27. The summed E-state index contributed by atoms with van der Waals surface area (Å²) in [6, 6.07) is 8.80. The number of benzene rings is 1. The summed E-state index contributed by atoms with van der Waals surface area (Å²) in [7, 11) is 0. The number of aromatic nitrogens is 1. The summed E-state index contributed by atoms with van der Waals surface area (Å²) in [6.45, 7) is 7.45. The molecule has 4 nitrogen and oxygen atoms in total. The Bertz CT molecular complexity index is 727. The molecule has 0 radical (unpaired) electrons. The predicted octanol–water partition coefficient (Wildman–Crippen LogP) is 3.14. The predicted molar refractivity (Wildman–Crippen MR) is 88.2 cm³/mol. The molecule has 1 aliphatic rings. The normalized spacial score (nSPS) is 15.0. The van der Waals surface area contributed by atoms with E-state index < -0.39 is 0 Å². The Hall–Kier alpha value is -2.12. The van der Waals surface area contributed by atoms with Crippen LogP contribution < -0.4 is 4.90 Å². The van der Waals surface area contributed by atoms with Crippen molar-refractivity contribution >= 4 is 16.7 Å². The molecular weight excluding hydrogens is 274 g/mol. The standard InChI is InChI=1S/C18H21N3O/c1-13-10-16-12-15(4-3-5-19)18(20-17(16)11-14(13)2)21-6-8-22-9-7-21/h10-12H,3-4,6-9H2,1-2H3. The van der Waals surface area contributed by atoms with Crippen LogP contribution in [-0.4, -0.2) is 31.3 Å². The van der Waals surface area contributed by atoms with Gasteiger partial charge in [0.05, 0.1) is 24.8 Å². The highest BCUT2D eigenvalue weighted by molar-refractivity contribution is 5.83. The van der Waals surface area contributed by atoms with E-state index in [1.165, 1.54) is 16.7 Å². The van der Waals surface area contributed by atoms with Crippen molar-refractivity contribution in [2.24, 2.45) is 0 Å². The van der Waals surface area contributed by atoms with Gasteiger partial charge >= 0.3 is 0 Å². The number of hydrogen-bond acceptors (Lipinski definition) is 4. The lowest BCUT2D eigenvalue weighted by atomic mass is 10.0. The third kappa shape index (κ3) is 2.90. The second-order valence-electron chi connectivity index (χ2n) is 5.86. The number of morpholine rings is 1. The molecular formula is C18H21N3O. The Morgan fingerprint density at radius 2 is 1.91 bits per heavy atom. The molecule has 1 aromatic heterocycles. The zero-order valence-electron chi connectivity index (χ0n) is 13.2. The molecule has 1 aromatic carbocycles. The summed E-state index contributed by atoms with van der Waals surface area (Å²) in [5.41, 5.74) is 4.74. The Balaban J connectivity index is 2.09. The quantitative estimate of drug-likeness (QED) is 0.873. The lowest BCUT2D eigenvalue weighted by Crippen LogP contribution is -2.37. The number of fused-ring (bicyclic) bond motifs is 1. The van der Waals surface area contributed by atoms with Gasteiger partial charge in [-0.15, -0.1) is 0 Å².